The van der Waals surface area contributed by atoms with Gasteiger partial charge in [-0.05, 0) is 91.2 Å². The van der Waals surface area contributed by atoms with E-state index in [-0.39, 0.29) is 12.4 Å². The summed E-state index contributed by atoms with van der Waals surface area (Å²) in [5.41, 5.74) is 6.00. The Balaban J connectivity index is 0.00000320. The maximum atomic E-state index is 11.7. The van der Waals surface area contributed by atoms with Crippen molar-refractivity contribution in [2.45, 2.75) is 39.2 Å². The van der Waals surface area contributed by atoms with Crippen LogP contribution < -0.4 is 10.2 Å². The minimum Gasteiger partial charge on any atom is -0.478 e. The lowest BCUT2D eigenvalue weighted by Gasteiger charge is -2.36. The van der Waals surface area contributed by atoms with Gasteiger partial charge in [-0.3, -0.25) is 0 Å². The first-order chi connectivity index (χ1) is 17.5. The van der Waals surface area contributed by atoms with Gasteiger partial charge in [0.1, 0.15) is 0 Å². The van der Waals surface area contributed by atoms with Crippen molar-refractivity contribution in [1.82, 2.24) is 5.32 Å². The van der Waals surface area contributed by atoms with Crippen molar-refractivity contribution in [3.63, 3.8) is 0 Å². The zero-order valence-electron chi connectivity index (χ0n) is 21.5. The molecule has 2 atom stereocenters. The smallest absolute Gasteiger partial charge is 0.336 e. The number of rotatable bonds is 8. The Labute approximate surface area is 225 Å². The third-order valence-corrected chi connectivity index (χ3v) is 7.52. The van der Waals surface area contributed by atoms with Gasteiger partial charge in [-0.1, -0.05) is 66.7 Å². The fourth-order valence-electron chi connectivity index (χ4n) is 5.57. The monoisotopic (exact) mass is 514 g/mol. The van der Waals surface area contributed by atoms with Gasteiger partial charge < -0.3 is 15.3 Å². The molecule has 4 nitrogen and oxygen atoms in total. The van der Waals surface area contributed by atoms with E-state index in [0.29, 0.717) is 17.5 Å². The zero-order chi connectivity index (χ0) is 25.1. The number of fused-ring (bicyclic) bond motifs is 2. The third kappa shape index (κ3) is 5.82. The Morgan fingerprint density at radius 3 is 2.62 bits per heavy atom. The van der Waals surface area contributed by atoms with E-state index in [1.807, 2.05) is 25.1 Å². The molecule has 1 aliphatic heterocycles. The van der Waals surface area contributed by atoms with Gasteiger partial charge in [0.25, 0.3) is 0 Å². The number of nitrogens with zero attached hydrogens (tertiary/aromatic N) is 1. The van der Waals surface area contributed by atoms with E-state index in [1.54, 1.807) is 0 Å². The average molecular weight is 515 g/mol. The molecule has 0 aliphatic carbocycles. The fraction of sp³-hybridized carbons (Fsp3) is 0.281. The second-order valence-corrected chi connectivity index (χ2v) is 10.0. The molecule has 4 aromatic rings. The molecule has 0 bridgehead atoms. The second-order valence-electron chi connectivity index (χ2n) is 10.0. The highest BCUT2D eigenvalue weighted by molar-refractivity contribution is 5.91. The van der Waals surface area contributed by atoms with E-state index >= 15 is 0 Å². The number of aromatic carboxylic acids is 1. The van der Waals surface area contributed by atoms with Gasteiger partial charge >= 0.3 is 5.97 Å². The first-order valence-corrected chi connectivity index (χ1v) is 12.9. The number of hydrogen-bond donors (Lipinski definition) is 2. The number of aryl methyl sites for hydroxylation is 1. The number of para-hydroxylation sites is 1. The van der Waals surface area contributed by atoms with Crippen molar-refractivity contribution in [1.29, 1.82) is 0 Å². The third-order valence-electron chi connectivity index (χ3n) is 7.52. The number of carboxylic acids is 1. The molecule has 1 unspecified atom stereocenters. The van der Waals surface area contributed by atoms with Crippen molar-refractivity contribution < 1.29 is 9.90 Å². The maximum absolute atomic E-state index is 11.7. The normalized spacial score (nSPS) is 15.6. The van der Waals surface area contributed by atoms with Gasteiger partial charge in [-0.2, -0.15) is 0 Å². The molecule has 1 aliphatic rings. The average Bonchev–Trinajstić information content (AvgIpc) is 2.90. The highest BCUT2D eigenvalue weighted by atomic mass is 35.5. The van der Waals surface area contributed by atoms with Crippen LogP contribution in [0.4, 0.5) is 11.4 Å². The summed E-state index contributed by atoms with van der Waals surface area (Å²) < 4.78 is 0. The summed E-state index contributed by atoms with van der Waals surface area (Å²) in [6.07, 6.45) is 3.28. The Morgan fingerprint density at radius 1 is 1.03 bits per heavy atom. The quantitative estimate of drug-likeness (QED) is 0.236. The molecule has 5 heteroatoms. The Kier molecular flexibility index (Phi) is 8.52. The molecule has 0 amide bonds. The van der Waals surface area contributed by atoms with Gasteiger partial charge in [0.05, 0.1) is 5.56 Å². The van der Waals surface area contributed by atoms with Crippen LogP contribution in [0.5, 0.6) is 0 Å². The van der Waals surface area contributed by atoms with E-state index in [4.69, 9.17) is 0 Å². The molecule has 1 heterocycles. The summed E-state index contributed by atoms with van der Waals surface area (Å²) >= 11 is 0. The molecule has 0 spiro atoms. The number of carboxylic acid groups (broad SMARTS) is 1. The van der Waals surface area contributed by atoms with Crippen LogP contribution in [0, 0.1) is 12.8 Å². The molecule has 5 rings (SSSR count). The summed E-state index contributed by atoms with van der Waals surface area (Å²) in [6.45, 7) is 5.97. The molecule has 0 fully saturated rings. The topological polar surface area (TPSA) is 52.6 Å². The molecule has 4 aromatic carbocycles. The zero-order valence-corrected chi connectivity index (χ0v) is 22.3. The number of nitrogens with one attached hydrogen (secondary N) is 1. The van der Waals surface area contributed by atoms with Crippen molar-refractivity contribution >= 4 is 40.5 Å². The van der Waals surface area contributed by atoms with E-state index in [9.17, 15) is 9.90 Å². The van der Waals surface area contributed by atoms with Crippen molar-refractivity contribution in [3.8, 4) is 0 Å². The summed E-state index contributed by atoms with van der Waals surface area (Å²) in [4.78, 5) is 14.1. The molecular formula is C32H35ClN2O2. The molecule has 37 heavy (non-hydrogen) atoms. The predicted octanol–water partition coefficient (Wildman–Crippen LogP) is 7.71. The molecular weight excluding hydrogens is 480 g/mol. The molecule has 2 N–H and O–H groups in total. The Morgan fingerprint density at radius 2 is 1.78 bits per heavy atom. The van der Waals surface area contributed by atoms with Crippen molar-refractivity contribution in [3.05, 3.63) is 107 Å². The lowest BCUT2D eigenvalue weighted by atomic mass is 9.88. The van der Waals surface area contributed by atoms with Crippen LogP contribution in [0.25, 0.3) is 10.8 Å². The van der Waals surface area contributed by atoms with Gasteiger partial charge in [-0.25, -0.2) is 4.79 Å². The van der Waals surface area contributed by atoms with Gasteiger partial charge in [0.2, 0.25) is 0 Å². The molecule has 192 valence electrons. The van der Waals surface area contributed by atoms with Crippen LogP contribution >= 0.6 is 12.4 Å². The summed E-state index contributed by atoms with van der Waals surface area (Å²) in [6, 6.07) is 29.7. The number of hydrogen-bond acceptors (Lipinski definition) is 3. The second kappa shape index (κ2) is 11.8. The summed E-state index contributed by atoms with van der Waals surface area (Å²) in [5, 5.41) is 16.0. The lowest BCUT2D eigenvalue weighted by Crippen LogP contribution is -2.32. The minimum atomic E-state index is -0.873. The fourth-order valence-corrected chi connectivity index (χ4v) is 5.57. The Bertz CT molecular complexity index is 1380. The van der Waals surface area contributed by atoms with Crippen molar-refractivity contribution in [2.24, 2.45) is 5.92 Å². The minimum absolute atomic E-state index is 0. The standard InChI is InChI=1S/C32H34N2O2.ClH/c1-22-16-17-27(20-30(22)32(35)36)34-21-24(19-26-11-4-6-15-31(26)34)9-8-18-33-23(2)28-14-7-12-25-10-3-5-13-29(25)28;/h3-7,10-17,20,23-24,33H,8-9,18-19,21H2,1-2H3,(H,35,36);1H/t23-,24?;/m1./s1. The van der Waals surface area contributed by atoms with Crippen molar-refractivity contribution in [2.75, 3.05) is 18.0 Å². The summed E-state index contributed by atoms with van der Waals surface area (Å²) in [5.74, 6) is -0.355. The Hall–Kier alpha value is -3.34. The van der Waals surface area contributed by atoms with Crippen LogP contribution in [0.1, 0.15) is 52.9 Å². The van der Waals surface area contributed by atoms with E-state index in [2.05, 4.69) is 83.9 Å². The van der Waals surface area contributed by atoms with Gasteiger partial charge in [-0.15, -0.1) is 12.4 Å². The predicted molar refractivity (Wildman–Crippen MR) is 156 cm³/mol. The van der Waals surface area contributed by atoms with Gasteiger partial charge in [0, 0.05) is 24.0 Å². The molecule has 0 saturated carbocycles. The first kappa shape index (κ1) is 26.7. The highest BCUT2D eigenvalue weighted by Crippen LogP contribution is 2.37. The summed E-state index contributed by atoms with van der Waals surface area (Å²) in [7, 11) is 0. The van der Waals surface area contributed by atoms with E-state index in [1.165, 1.54) is 27.6 Å². The van der Waals surface area contributed by atoms with Crippen LogP contribution in [-0.2, 0) is 6.42 Å². The molecule has 0 aromatic heterocycles. The number of anilines is 2. The lowest BCUT2D eigenvalue weighted by molar-refractivity contribution is 0.0696. The van der Waals surface area contributed by atoms with Crippen LogP contribution in [0.15, 0.2) is 84.9 Å². The molecule has 0 saturated heterocycles. The first-order valence-electron chi connectivity index (χ1n) is 12.9. The van der Waals surface area contributed by atoms with Crippen LogP contribution in [0.2, 0.25) is 0 Å². The van der Waals surface area contributed by atoms with Crippen LogP contribution in [0.3, 0.4) is 0 Å². The van der Waals surface area contributed by atoms with Gasteiger partial charge in [0.15, 0.2) is 0 Å². The maximum Gasteiger partial charge on any atom is 0.336 e. The van der Waals surface area contributed by atoms with E-state index < -0.39 is 5.97 Å². The number of benzene rings is 4. The SMILES string of the molecule is Cc1ccc(N2CC(CCCN[C@H](C)c3cccc4ccccc34)Cc3ccccc32)cc1C(=O)O.Cl. The number of carbonyl (C=O) groups is 1. The number of halogens is 1. The van der Waals surface area contributed by atoms with E-state index in [0.717, 1.165) is 43.6 Å². The van der Waals surface area contributed by atoms with Crippen LogP contribution in [-0.4, -0.2) is 24.2 Å². The largest absolute Gasteiger partial charge is 0.478 e. The molecule has 0 radical (unpaired) electrons. The highest BCUT2D eigenvalue weighted by Gasteiger charge is 2.26.